The van der Waals surface area contributed by atoms with Gasteiger partial charge in [0, 0.05) is 23.5 Å². The number of aliphatic imine (C=N–C) groups is 1. The average molecular weight is 414 g/mol. The number of nitrogens with zero attached hydrogens (tertiary/aromatic N) is 3. The average Bonchev–Trinajstić information content (AvgIpc) is 3.13. The molecular formula is C21H17F3N4O2. The van der Waals surface area contributed by atoms with Crippen molar-refractivity contribution >= 4 is 6.02 Å². The number of ether oxygens (including phenoxy) is 2. The Labute approximate surface area is 170 Å². The van der Waals surface area contributed by atoms with Gasteiger partial charge >= 0.3 is 6.61 Å². The molecule has 9 heteroatoms. The van der Waals surface area contributed by atoms with Crippen LogP contribution in [0.25, 0.3) is 11.1 Å². The number of hydrogen-bond acceptors (Lipinski definition) is 6. The second-order valence-electron chi connectivity index (χ2n) is 6.78. The third kappa shape index (κ3) is 3.54. The molecule has 3 aromatic rings. The minimum absolute atomic E-state index is 0.0190. The Kier molecular flexibility index (Phi) is 5.03. The molecule has 0 radical (unpaired) electrons. The van der Waals surface area contributed by atoms with E-state index in [4.69, 9.17) is 10.5 Å². The molecule has 154 valence electrons. The Bertz CT molecular complexity index is 1110. The van der Waals surface area contributed by atoms with Crippen molar-refractivity contribution in [3.8, 4) is 16.9 Å². The number of nitrogens with two attached hydrogens (primary N) is 1. The topological polar surface area (TPSA) is 82.6 Å². The SMILES string of the molecule is Cc1cc([C@]2(c3ccc(F)c(-c4cncnc4)c3)COC(N)=N2)ccc1OC(F)F. The Hall–Kier alpha value is -3.62. The van der Waals surface area contributed by atoms with Gasteiger partial charge < -0.3 is 15.2 Å². The summed E-state index contributed by atoms with van der Waals surface area (Å²) in [5, 5.41) is 0. The van der Waals surface area contributed by atoms with Gasteiger partial charge in [-0.3, -0.25) is 0 Å². The van der Waals surface area contributed by atoms with Gasteiger partial charge in [0.25, 0.3) is 6.02 Å². The molecule has 0 aliphatic carbocycles. The lowest BCUT2D eigenvalue weighted by Crippen LogP contribution is -2.27. The minimum atomic E-state index is -2.93. The molecule has 30 heavy (non-hydrogen) atoms. The molecule has 1 atom stereocenters. The number of alkyl halides is 2. The van der Waals surface area contributed by atoms with Gasteiger partial charge in [0.05, 0.1) is 0 Å². The van der Waals surface area contributed by atoms with Gasteiger partial charge in [0.1, 0.15) is 24.5 Å². The monoisotopic (exact) mass is 414 g/mol. The number of aryl methyl sites for hydroxylation is 1. The van der Waals surface area contributed by atoms with Crippen LogP contribution >= 0.6 is 0 Å². The first-order valence-electron chi connectivity index (χ1n) is 8.98. The fourth-order valence-electron chi connectivity index (χ4n) is 3.47. The number of hydrogen-bond donors (Lipinski definition) is 1. The van der Waals surface area contributed by atoms with E-state index in [0.29, 0.717) is 27.8 Å². The van der Waals surface area contributed by atoms with E-state index in [1.807, 2.05) is 0 Å². The zero-order valence-electron chi connectivity index (χ0n) is 15.8. The lowest BCUT2D eigenvalue weighted by Gasteiger charge is -2.26. The van der Waals surface area contributed by atoms with Crippen molar-refractivity contribution in [2.24, 2.45) is 10.7 Å². The second kappa shape index (κ2) is 7.66. The standard InChI is InChI=1S/C21H17F3N4O2/c1-12-6-14(3-5-18(12)30-19(23)24)21(10-29-20(25)28-21)15-2-4-17(22)16(7-15)13-8-26-11-27-9-13/h2-9,11,19H,10H2,1H3,(H2,25,28)/t21-/m0/s1. The summed E-state index contributed by atoms with van der Waals surface area (Å²) in [5.74, 6) is -0.391. The summed E-state index contributed by atoms with van der Waals surface area (Å²) < 4.78 is 49.7. The predicted octanol–water partition coefficient (Wildman–Crippen LogP) is 3.78. The molecule has 0 unspecified atom stereocenters. The Morgan fingerprint density at radius 3 is 2.43 bits per heavy atom. The molecule has 1 aliphatic rings. The van der Waals surface area contributed by atoms with Crippen LogP contribution < -0.4 is 10.5 Å². The van der Waals surface area contributed by atoms with Gasteiger partial charge in [0.15, 0.2) is 5.54 Å². The second-order valence-corrected chi connectivity index (χ2v) is 6.78. The molecule has 1 aliphatic heterocycles. The molecule has 0 saturated carbocycles. The number of amidine groups is 1. The smallest absolute Gasteiger partial charge is 0.387 e. The molecule has 0 fully saturated rings. The van der Waals surface area contributed by atoms with Gasteiger partial charge in [-0.05, 0) is 47.9 Å². The lowest BCUT2D eigenvalue weighted by molar-refractivity contribution is -0.0503. The highest BCUT2D eigenvalue weighted by Gasteiger charge is 2.40. The molecule has 6 nitrogen and oxygen atoms in total. The molecule has 0 bridgehead atoms. The summed E-state index contributed by atoms with van der Waals surface area (Å²) in [4.78, 5) is 12.4. The van der Waals surface area contributed by atoms with Crippen LogP contribution in [0.4, 0.5) is 13.2 Å². The maximum absolute atomic E-state index is 14.5. The first kappa shape index (κ1) is 19.7. The largest absolute Gasteiger partial charge is 0.462 e. The van der Waals surface area contributed by atoms with Crippen molar-refractivity contribution in [1.29, 1.82) is 0 Å². The molecule has 2 aromatic carbocycles. The first-order chi connectivity index (χ1) is 14.4. The molecule has 4 rings (SSSR count). The van der Waals surface area contributed by atoms with E-state index in [9.17, 15) is 13.2 Å². The van der Waals surface area contributed by atoms with Crippen LogP contribution in [-0.4, -0.2) is 29.2 Å². The highest BCUT2D eigenvalue weighted by molar-refractivity contribution is 5.76. The first-order valence-corrected chi connectivity index (χ1v) is 8.98. The van der Waals surface area contributed by atoms with Crippen molar-refractivity contribution in [2.45, 2.75) is 19.1 Å². The third-order valence-electron chi connectivity index (χ3n) is 4.91. The fraction of sp³-hybridized carbons (Fsp3) is 0.190. The van der Waals surface area contributed by atoms with Gasteiger partial charge in [-0.25, -0.2) is 19.4 Å². The van der Waals surface area contributed by atoms with E-state index in [0.717, 1.165) is 0 Å². The highest BCUT2D eigenvalue weighted by atomic mass is 19.3. The quantitative estimate of drug-likeness (QED) is 0.687. The minimum Gasteiger partial charge on any atom is -0.462 e. The summed E-state index contributed by atoms with van der Waals surface area (Å²) in [6.07, 6.45) is 4.37. The van der Waals surface area contributed by atoms with Crippen LogP contribution in [0.5, 0.6) is 5.75 Å². The van der Waals surface area contributed by atoms with Gasteiger partial charge in [-0.2, -0.15) is 8.78 Å². The molecule has 2 N–H and O–H groups in total. The Morgan fingerprint density at radius 1 is 1.10 bits per heavy atom. The Morgan fingerprint density at radius 2 is 1.80 bits per heavy atom. The maximum Gasteiger partial charge on any atom is 0.387 e. The summed E-state index contributed by atoms with van der Waals surface area (Å²) >= 11 is 0. The van der Waals surface area contributed by atoms with E-state index >= 15 is 0 Å². The van der Waals surface area contributed by atoms with Crippen molar-refractivity contribution in [2.75, 3.05) is 6.61 Å². The lowest BCUT2D eigenvalue weighted by atomic mass is 9.82. The maximum atomic E-state index is 14.5. The normalized spacial score (nSPS) is 18.2. The van der Waals surface area contributed by atoms with Crippen LogP contribution in [-0.2, 0) is 10.3 Å². The van der Waals surface area contributed by atoms with Crippen molar-refractivity contribution in [1.82, 2.24) is 9.97 Å². The fourth-order valence-corrected chi connectivity index (χ4v) is 3.47. The molecule has 0 amide bonds. The van der Waals surface area contributed by atoms with E-state index in [1.165, 1.54) is 30.9 Å². The summed E-state index contributed by atoms with van der Waals surface area (Å²) in [7, 11) is 0. The number of rotatable bonds is 5. The van der Waals surface area contributed by atoms with Crippen LogP contribution in [0.3, 0.4) is 0 Å². The van der Waals surface area contributed by atoms with Crippen molar-refractivity contribution in [3.05, 3.63) is 77.6 Å². The van der Waals surface area contributed by atoms with Crippen molar-refractivity contribution < 1.29 is 22.6 Å². The molecule has 0 spiro atoms. The summed E-state index contributed by atoms with van der Waals surface area (Å²) in [5.41, 5.74) is 7.28. The van der Waals surface area contributed by atoms with E-state index in [1.54, 1.807) is 31.2 Å². The summed E-state index contributed by atoms with van der Waals surface area (Å²) in [6, 6.07) is 9.27. The van der Waals surface area contributed by atoms with Gasteiger partial charge in [-0.15, -0.1) is 0 Å². The van der Waals surface area contributed by atoms with Crippen LogP contribution in [0.2, 0.25) is 0 Å². The van der Waals surface area contributed by atoms with Crippen LogP contribution in [0.1, 0.15) is 16.7 Å². The van der Waals surface area contributed by atoms with Crippen LogP contribution in [0, 0.1) is 12.7 Å². The highest BCUT2D eigenvalue weighted by Crippen LogP contribution is 2.40. The van der Waals surface area contributed by atoms with E-state index in [2.05, 4.69) is 19.7 Å². The third-order valence-corrected chi connectivity index (χ3v) is 4.91. The number of benzene rings is 2. The zero-order chi connectivity index (χ0) is 21.3. The Balaban J connectivity index is 1.84. The van der Waals surface area contributed by atoms with E-state index < -0.39 is 18.0 Å². The summed E-state index contributed by atoms with van der Waals surface area (Å²) in [6.45, 7) is -1.21. The number of halogens is 3. The van der Waals surface area contributed by atoms with Gasteiger partial charge in [-0.1, -0.05) is 12.1 Å². The molecule has 0 saturated heterocycles. The predicted molar refractivity (Wildman–Crippen MR) is 104 cm³/mol. The molecular weight excluding hydrogens is 397 g/mol. The van der Waals surface area contributed by atoms with Crippen molar-refractivity contribution in [3.63, 3.8) is 0 Å². The number of aromatic nitrogens is 2. The molecule has 2 heterocycles. The van der Waals surface area contributed by atoms with Crippen LogP contribution in [0.15, 0.2) is 60.1 Å². The van der Waals surface area contributed by atoms with Gasteiger partial charge in [0.2, 0.25) is 0 Å². The zero-order valence-corrected chi connectivity index (χ0v) is 15.8. The van der Waals surface area contributed by atoms with E-state index in [-0.39, 0.29) is 18.4 Å². The molecule has 1 aromatic heterocycles.